The van der Waals surface area contributed by atoms with E-state index in [-0.39, 0.29) is 0 Å². The molecule has 2 rings (SSSR count). The summed E-state index contributed by atoms with van der Waals surface area (Å²) in [6, 6.07) is 9.83. The van der Waals surface area contributed by atoms with Crippen molar-refractivity contribution in [1.29, 1.82) is 0 Å². The van der Waals surface area contributed by atoms with Gasteiger partial charge in [-0.15, -0.1) is 6.58 Å². The highest BCUT2D eigenvalue weighted by atomic mass is 14.8. The first kappa shape index (κ1) is 10.2. The Kier molecular flexibility index (Phi) is 3.33. The second-order valence-corrected chi connectivity index (χ2v) is 3.88. The lowest BCUT2D eigenvalue weighted by Crippen LogP contribution is -2.04. The van der Waals surface area contributed by atoms with Crippen LogP contribution in [0.4, 0.5) is 0 Å². The smallest absolute Gasteiger partial charge is 0.0748 e. The fourth-order valence-electron chi connectivity index (χ4n) is 2.03. The maximum absolute atomic E-state index is 4.56. The van der Waals surface area contributed by atoms with Gasteiger partial charge in [0.05, 0.1) is 6.04 Å². The van der Waals surface area contributed by atoms with Crippen molar-refractivity contribution in [3.63, 3.8) is 0 Å². The van der Waals surface area contributed by atoms with Crippen LogP contribution < -0.4 is 0 Å². The van der Waals surface area contributed by atoms with Gasteiger partial charge < -0.3 is 0 Å². The first-order chi connectivity index (χ1) is 7.42. The van der Waals surface area contributed by atoms with Crippen molar-refractivity contribution in [3.05, 3.63) is 48.0 Å². The monoisotopic (exact) mass is 198 g/mol. The number of allylic oxidation sites excluding steroid dienone is 1. The minimum Gasteiger partial charge on any atom is -0.289 e. The Morgan fingerprint density at radius 1 is 1.60 bits per heavy atom. The van der Waals surface area contributed by atoms with Gasteiger partial charge in [0.15, 0.2) is 0 Å². The van der Waals surface area contributed by atoms with E-state index in [4.69, 9.17) is 0 Å². The SMILES string of the molecule is C=CCc1[c]cccc1C1CCCC=N1. The summed E-state index contributed by atoms with van der Waals surface area (Å²) in [7, 11) is 0. The number of rotatable bonds is 3. The molecule has 1 aliphatic heterocycles. The number of nitrogens with zero attached hydrogens (tertiary/aromatic N) is 1. The lowest BCUT2D eigenvalue weighted by atomic mass is 9.94. The third-order valence-corrected chi connectivity index (χ3v) is 2.78. The molecule has 0 bridgehead atoms. The van der Waals surface area contributed by atoms with Crippen molar-refractivity contribution in [1.82, 2.24) is 0 Å². The number of benzene rings is 1. The fourth-order valence-corrected chi connectivity index (χ4v) is 2.03. The molecular formula is C14H16N. The van der Waals surface area contributed by atoms with Crippen molar-refractivity contribution in [3.8, 4) is 0 Å². The van der Waals surface area contributed by atoms with E-state index in [1.54, 1.807) is 0 Å². The summed E-state index contributed by atoms with van der Waals surface area (Å²) in [4.78, 5) is 4.56. The van der Waals surface area contributed by atoms with Crippen LogP contribution >= 0.6 is 0 Å². The molecule has 0 aromatic heterocycles. The van der Waals surface area contributed by atoms with Crippen LogP contribution in [0.2, 0.25) is 0 Å². The minimum absolute atomic E-state index is 0.353. The van der Waals surface area contributed by atoms with Crippen LogP contribution in [0.3, 0.4) is 0 Å². The van der Waals surface area contributed by atoms with Gasteiger partial charge in [-0.05, 0) is 49.1 Å². The quantitative estimate of drug-likeness (QED) is 0.659. The number of aliphatic imine (C=N–C) groups is 1. The zero-order valence-electron chi connectivity index (χ0n) is 8.95. The molecule has 1 atom stereocenters. The van der Waals surface area contributed by atoms with Crippen molar-refractivity contribution in [2.24, 2.45) is 4.99 Å². The van der Waals surface area contributed by atoms with Crippen molar-refractivity contribution in [2.45, 2.75) is 31.7 Å². The Labute approximate surface area is 91.6 Å². The molecule has 15 heavy (non-hydrogen) atoms. The molecule has 1 heterocycles. The predicted octanol–water partition coefficient (Wildman–Crippen LogP) is 3.51. The van der Waals surface area contributed by atoms with Gasteiger partial charge in [0.1, 0.15) is 0 Å². The van der Waals surface area contributed by atoms with Crippen molar-refractivity contribution in [2.75, 3.05) is 0 Å². The first-order valence-corrected chi connectivity index (χ1v) is 5.54. The van der Waals surface area contributed by atoms with Crippen LogP contribution in [0.15, 0.2) is 35.8 Å². The van der Waals surface area contributed by atoms with Crippen LogP contribution in [0.1, 0.15) is 36.4 Å². The van der Waals surface area contributed by atoms with Gasteiger partial charge in [0.25, 0.3) is 0 Å². The van der Waals surface area contributed by atoms with Gasteiger partial charge >= 0.3 is 0 Å². The lowest BCUT2D eigenvalue weighted by Gasteiger charge is -2.18. The van der Waals surface area contributed by atoms with Gasteiger partial charge in [0.2, 0.25) is 0 Å². The van der Waals surface area contributed by atoms with E-state index in [9.17, 15) is 0 Å². The molecule has 0 saturated carbocycles. The lowest BCUT2D eigenvalue weighted by molar-refractivity contribution is 0.600. The average Bonchev–Trinajstić information content (AvgIpc) is 2.31. The molecule has 1 unspecified atom stereocenters. The highest BCUT2D eigenvalue weighted by Gasteiger charge is 2.14. The van der Waals surface area contributed by atoms with Gasteiger partial charge in [0, 0.05) is 0 Å². The molecule has 1 aromatic carbocycles. The maximum atomic E-state index is 4.56. The number of hydrogen-bond acceptors (Lipinski definition) is 1. The summed E-state index contributed by atoms with van der Waals surface area (Å²) >= 11 is 0. The maximum Gasteiger partial charge on any atom is 0.0748 e. The standard InChI is InChI=1S/C14H16N/c1-2-7-12-8-3-4-9-13(12)14-10-5-6-11-15-14/h2-4,9,11,14H,1,5-7,10H2. The highest BCUT2D eigenvalue weighted by molar-refractivity contribution is 5.58. The average molecular weight is 198 g/mol. The molecule has 0 aliphatic carbocycles. The molecule has 1 aliphatic rings. The molecule has 0 saturated heterocycles. The Bertz CT molecular complexity index is 365. The summed E-state index contributed by atoms with van der Waals surface area (Å²) in [6.45, 7) is 3.78. The van der Waals surface area contributed by atoms with Crippen LogP contribution in [-0.2, 0) is 6.42 Å². The summed E-state index contributed by atoms with van der Waals surface area (Å²) in [5.74, 6) is 0. The molecule has 0 N–H and O–H groups in total. The summed E-state index contributed by atoms with van der Waals surface area (Å²) in [6.07, 6.45) is 8.42. The van der Waals surface area contributed by atoms with E-state index in [0.717, 1.165) is 12.8 Å². The van der Waals surface area contributed by atoms with E-state index in [1.807, 2.05) is 18.2 Å². The minimum atomic E-state index is 0.353. The number of hydrogen-bond donors (Lipinski definition) is 0. The van der Waals surface area contributed by atoms with Gasteiger partial charge in [-0.25, -0.2) is 0 Å². The molecular weight excluding hydrogens is 182 g/mol. The van der Waals surface area contributed by atoms with Gasteiger partial charge in [-0.2, -0.15) is 0 Å². The van der Waals surface area contributed by atoms with Crippen LogP contribution in [0, 0.1) is 6.07 Å². The van der Waals surface area contributed by atoms with Gasteiger partial charge in [-0.1, -0.05) is 24.3 Å². The van der Waals surface area contributed by atoms with E-state index in [0.29, 0.717) is 6.04 Å². The molecule has 77 valence electrons. The van der Waals surface area contributed by atoms with Crippen molar-refractivity contribution < 1.29 is 0 Å². The molecule has 1 heteroatoms. The summed E-state index contributed by atoms with van der Waals surface area (Å²) in [5, 5.41) is 0. The molecule has 1 radical (unpaired) electrons. The topological polar surface area (TPSA) is 12.4 Å². The molecule has 0 amide bonds. The third-order valence-electron chi connectivity index (χ3n) is 2.78. The van der Waals surface area contributed by atoms with E-state index in [2.05, 4.69) is 29.9 Å². The Hall–Kier alpha value is -1.37. The molecule has 0 fully saturated rings. The zero-order chi connectivity index (χ0) is 10.5. The predicted molar refractivity (Wildman–Crippen MR) is 64.3 cm³/mol. The Morgan fingerprint density at radius 2 is 2.53 bits per heavy atom. The normalized spacial score (nSPS) is 20.1. The molecule has 1 nitrogen and oxygen atoms in total. The van der Waals surface area contributed by atoms with Crippen molar-refractivity contribution >= 4 is 6.21 Å². The summed E-state index contributed by atoms with van der Waals surface area (Å²) < 4.78 is 0. The van der Waals surface area contributed by atoms with Gasteiger partial charge in [-0.3, -0.25) is 4.99 Å². The molecule has 1 aromatic rings. The Balaban J connectivity index is 2.28. The first-order valence-electron chi connectivity index (χ1n) is 5.54. The second-order valence-electron chi connectivity index (χ2n) is 3.88. The van der Waals surface area contributed by atoms with E-state index >= 15 is 0 Å². The second kappa shape index (κ2) is 4.92. The fraction of sp³-hybridized carbons (Fsp3) is 0.357. The van der Waals surface area contributed by atoms with Crippen LogP contribution in [0.5, 0.6) is 0 Å². The Morgan fingerprint density at radius 3 is 3.27 bits per heavy atom. The van der Waals surface area contributed by atoms with E-state index < -0.39 is 0 Å². The zero-order valence-corrected chi connectivity index (χ0v) is 8.95. The van der Waals surface area contributed by atoms with Crippen LogP contribution in [0.25, 0.3) is 0 Å². The van der Waals surface area contributed by atoms with Crippen LogP contribution in [-0.4, -0.2) is 6.21 Å². The summed E-state index contributed by atoms with van der Waals surface area (Å²) in [5.41, 5.74) is 2.57. The van der Waals surface area contributed by atoms with E-state index in [1.165, 1.54) is 24.0 Å². The molecule has 0 spiro atoms. The third kappa shape index (κ3) is 2.35. The largest absolute Gasteiger partial charge is 0.289 e. The highest BCUT2D eigenvalue weighted by Crippen LogP contribution is 2.28.